The molecule has 0 radical (unpaired) electrons. The van der Waals surface area contributed by atoms with Crippen LogP contribution in [0.15, 0.2) is 18.2 Å². The first kappa shape index (κ1) is 13.9. The fourth-order valence-electron chi connectivity index (χ4n) is 1.64. The Morgan fingerprint density at radius 3 is 2.75 bits per heavy atom. The monoisotopic (exact) mass is 293 g/mol. The lowest BCUT2D eigenvalue weighted by molar-refractivity contribution is -0.384. The van der Waals surface area contributed by atoms with Crippen molar-refractivity contribution >= 4 is 33.9 Å². The van der Waals surface area contributed by atoms with Crippen LogP contribution in [0.3, 0.4) is 0 Å². The molecule has 1 heterocycles. The van der Waals surface area contributed by atoms with Gasteiger partial charge >= 0.3 is 5.69 Å². The van der Waals surface area contributed by atoms with Crippen LogP contribution in [-0.2, 0) is 0 Å². The van der Waals surface area contributed by atoms with Crippen LogP contribution < -0.4 is 10.6 Å². The summed E-state index contributed by atoms with van der Waals surface area (Å²) in [6, 6.07) is 4.49. The second-order valence-corrected chi connectivity index (χ2v) is 4.56. The molecule has 9 heteroatoms. The van der Waals surface area contributed by atoms with Crippen LogP contribution in [0.25, 0.3) is 0 Å². The number of rotatable bonds is 4. The maximum absolute atomic E-state index is 12.1. The predicted molar refractivity (Wildman–Crippen MR) is 75.2 cm³/mol. The van der Waals surface area contributed by atoms with Crippen LogP contribution in [0.4, 0.5) is 16.5 Å². The Hall–Kier alpha value is -2.55. The van der Waals surface area contributed by atoms with E-state index in [-0.39, 0.29) is 16.9 Å². The number of nitro benzene ring substituents is 1. The molecule has 0 aliphatic rings. The van der Waals surface area contributed by atoms with Crippen molar-refractivity contribution < 1.29 is 9.72 Å². The Labute approximate surface area is 118 Å². The summed E-state index contributed by atoms with van der Waals surface area (Å²) in [6.07, 6.45) is 0. The second kappa shape index (κ2) is 5.61. The van der Waals surface area contributed by atoms with Crippen LogP contribution in [-0.4, -0.2) is 27.2 Å². The molecule has 1 aromatic heterocycles. The van der Waals surface area contributed by atoms with Crippen molar-refractivity contribution in [3.05, 3.63) is 39.7 Å². The normalized spacial score (nSPS) is 10.1. The van der Waals surface area contributed by atoms with E-state index in [0.717, 1.165) is 11.5 Å². The number of nitro groups is 1. The van der Waals surface area contributed by atoms with Crippen molar-refractivity contribution in [2.75, 3.05) is 17.7 Å². The van der Waals surface area contributed by atoms with Gasteiger partial charge < -0.3 is 5.32 Å². The molecular weight excluding hydrogens is 282 g/mol. The van der Waals surface area contributed by atoms with Crippen LogP contribution in [0.1, 0.15) is 16.2 Å². The molecule has 0 aliphatic carbocycles. The zero-order valence-corrected chi connectivity index (χ0v) is 11.5. The minimum absolute atomic E-state index is 0.0327. The second-order valence-electron chi connectivity index (χ2n) is 3.81. The number of para-hydroxylation sites is 1. The summed E-state index contributed by atoms with van der Waals surface area (Å²) in [5, 5.41) is 16.6. The summed E-state index contributed by atoms with van der Waals surface area (Å²) < 4.78 is 3.92. The maximum atomic E-state index is 12.1. The SMILES string of the molecule is CNc1cccc(C(=O)Nc2nc(C)ns2)c1[N+](=O)[O-]. The largest absolute Gasteiger partial charge is 0.383 e. The molecule has 20 heavy (non-hydrogen) atoms. The van der Waals surface area contributed by atoms with Crippen molar-refractivity contribution in [3.63, 3.8) is 0 Å². The van der Waals surface area contributed by atoms with E-state index in [9.17, 15) is 14.9 Å². The highest BCUT2D eigenvalue weighted by Gasteiger charge is 2.24. The molecule has 1 aromatic carbocycles. The fraction of sp³-hybridized carbons (Fsp3) is 0.182. The summed E-state index contributed by atoms with van der Waals surface area (Å²) in [7, 11) is 1.55. The number of nitrogens with zero attached hydrogens (tertiary/aromatic N) is 3. The first-order valence-electron chi connectivity index (χ1n) is 5.59. The highest BCUT2D eigenvalue weighted by molar-refractivity contribution is 7.09. The number of aromatic nitrogens is 2. The molecule has 0 spiro atoms. The van der Waals surface area contributed by atoms with Gasteiger partial charge in [0.15, 0.2) is 0 Å². The molecule has 104 valence electrons. The maximum Gasteiger partial charge on any atom is 0.305 e. The van der Waals surface area contributed by atoms with Crippen molar-refractivity contribution in [3.8, 4) is 0 Å². The van der Waals surface area contributed by atoms with Crippen molar-refractivity contribution in [2.24, 2.45) is 0 Å². The lowest BCUT2D eigenvalue weighted by Gasteiger charge is -2.06. The van der Waals surface area contributed by atoms with E-state index in [1.165, 1.54) is 12.1 Å². The van der Waals surface area contributed by atoms with E-state index < -0.39 is 10.8 Å². The number of aryl methyl sites for hydroxylation is 1. The average Bonchev–Trinajstić information content (AvgIpc) is 2.82. The van der Waals surface area contributed by atoms with Gasteiger partial charge in [-0.15, -0.1) is 0 Å². The minimum Gasteiger partial charge on any atom is -0.383 e. The first-order chi connectivity index (χ1) is 9.52. The molecule has 0 bridgehead atoms. The first-order valence-corrected chi connectivity index (χ1v) is 6.37. The third-order valence-electron chi connectivity index (χ3n) is 2.48. The predicted octanol–water partition coefficient (Wildman–Crippen LogP) is 2.05. The summed E-state index contributed by atoms with van der Waals surface area (Å²) >= 11 is 1.02. The van der Waals surface area contributed by atoms with Gasteiger partial charge in [0, 0.05) is 18.6 Å². The summed E-state index contributed by atoms with van der Waals surface area (Å²) in [4.78, 5) is 26.6. The smallest absolute Gasteiger partial charge is 0.305 e. The zero-order valence-electron chi connectivity index (χ0n) is 10.7. The van der Waals surface area contributed by atoms with Gasteiger partial charge in [-0.05, 0) is 19.1 Å². The van der Waals surface area contributed by atoms with Gasteiger partial charge in [0.05, 0.1) is 4.92 Å². The molecule has 0 atom stereocenters. The standard InChI is InChI=1S/C11H11N5O3S/c1-6-13-11(20-15-6)14-10(17)7-4-3-5-8(12-2)9(7)16(18)19/h3-5,12H,1-2H3,(H,13,14,15,17). The molecule has 0 saturated heterocycles. The molecule has 0 aliphatic heterocycles. The highest BCUT2D eigenvalue weighted by atomic mass is 32.1. The van der Waals surface area contributed by atoms with Gasteiger partial charge in [-0.1, -0.05) is 6.07 Å². The minimum atomic E-state index is -0.593. The number of benzene rings is 1. The quantitative estimate of drug-likeness (QED) is 0.659. The Morgan fingerprint density at radius 1 is 1.45 bits per heavy atom. The number of hydrogen-bond donors (Lipinski definition) is 2. The lowest BCUT2D eigenvalue weighted by Crippen LogP contribution is -2.14. The Bertz CT molecular complexity index is 670. The van der Waals surface area contributed by atoms with Gasteiger partial charge in [0.1, 0.15) is 17.1 Å². The molecule has 2 rings (SSSR count). The van der Waals surface area contributed by atoms with Gasteiger partial charge in [-0.2, -0.15) is 4.37 Å². The summed E-state index contributed by atoms with van der Waals surface area (Å²) in [5.74, 6) is -0.0614. The Morgan fingerprint density at radius 2 is 2.20 bits per heavy atom. The number of hydrogen-bond acceptors (Lipinski definition) is 7. The molecule has 8 nitrogen and oxygen atoms in total. The summed E-state index contributed by atoms with van der Waals surface area (Å²) in [6.45, 7) is 1.69. The van der Waals surface area contributed by atoms with Crippen LogP contribution in [0.2, 0.25) is 0 Å². The van der Waals surface area contributed by atoms with Crippen molar-refractivity contribution in [1.29, 1.82) is 0 Å². The lowest BCUT2D eigenvalue weighted by atomic mass is 10.1. The number of amides is 1. The number of carbonyl (C=O) groups is 1. The van der Waals surface area contributed by atoms with Gasteiger partial charge in [-0.25, -0.2) is 4.98 Å². The Balaban J connectivity index is 2.36. The molecular formula is C11H11N5O3S. The van der Waals surface area contributed by atoms with Gasteiger partial charge in [0.25, 0.3) is 5.91 Å². The van der Waals surface area contributed by atoms with E-state index in [0.29, 0.717) is 11.0 Å². The molecule has 0 saturated carbocycles. The topological polar surface area (TPSA) is 110 Å². The van der Waals surface area contributed by atoms with E-state index in [4.69, 9.17) is 0 Å². The summed E-state index contributed by atoms with van der Waals surface area (Å²) in [5.41, 5.74) is -0.0282. The van der Waals surface area contributed by atoms with E-state index in [1.807, 2.05) is 0 Å². The zero-order chi connectivity index (χ0) is 14.7. The van der Waals surface area contributed by atoms with E-state index in [1.54, 1.807) is 20.0 Å². The van der Waals surface area contributed by atoms with Crippen LogP contribution in [0.5, 0.6) is 0 Å². The number of nitrogens with one attached hydrogen (secondary N) is 2. The van der Waals surface area contributed by atoms with E-state index >= 15 is 0 Å². The van der Waals surface area contributed by atoms with Gasteiger partial charge in [0.2, 0.25) is 5.13 Å². The average molecular weight is 293 g/mol. The molecule has 2 N–H and O–H groups in total. The van der Waals surface area contributed by atoms with Crippen LogP contribution in [0, 0.1) is 17.0 Å². The van der Waals surface area contributed by atoms with Gasteiger partial charge in [-0.3, -0.25) is 20.2 Å². The van der Waals surface area contributed by atoms with Crippen molar-refractivity contribution in [1.82, 2.24) is 9.36 Å². The highest BCUT2D eigenvalue weighted by Crippen LogP contribution is 2.28. The van der Waals surface area contributed by atoms with Crippen LogP contribution >= 0.6 is 11.5 Å². The Kier molecular flexibility index (Phi) is 3.89. The fourth-order valence-corrected chi connectivity index (χ4v) is 2.21. The molecule has 0 unspecified atom stereocenters. The van der Waals surface area contributed by atoms with E-state index in [2.05, 4.69) is 20.0 Å². The molecule has 0 fully saturated rings. The number of carbonyl (C=O) groups excluding carboxylic acids is 1. The van der Waals surface area contributed by atoms with Crippen molar-refractivity contribution in [2.45, 2.75) is 6.92 Å². The number of anilines is 2. The molecule has 2 aromatic rings. The third-order valence-corrected chi connectivity index (χ3v) is 3.20. The molecule has 1 amide bonds. The third kappa shape index (κ3) is 2.72.